The van der Waals surface area contributed by atoms with Gasteiger partial charge in [0.2, 0.25) is 0 Å². The third-order valence-electron chi connectivity index (χ3n) is 1.63. The molecule has 0 saturated carbocycles. The van der Waals surface area contributed by atoms with Gasteiger partial charge in [0.25, 0.3) is 0 Å². The molecule has 0 aliphatic rings. The Balaban J connectivity index is 3.05. The van der Waals surface area contributed by atoms with Crippen LogP contribution in [0.25, 0.3) is 0 Å². The lowest BCUT2D eigenvalue weighted by Gasteiger charge is -2.04. The van der Waals surface area contributed by atoms with Crippen LogP contribution in [0.3, 0.4) is 0 Å². The highest BCUT2D eigenvalue weighted by atomic mass is 16.5. The maximum atomic E-state index is 10.6. The predicted molar refractivity (Wildman–Crippen MR) is 49.0 cm³/mol. The van der Waals surface area contributed by atoms with Crippen molar-refractivity contribution in [2.24, 2.45) is 5.92 Å². The van der Waals surface area contributed by atoms with Crippen LogP contribution in [0, 0.1) is 5.92 Å². The van der Waals surface area contributed by atoms with Crippen LogP contribution in [0.1, 0.15) is 26.7 Å². The zero-order valence-electron chi connectivity index (χ0n) is 8.22. The minimum Gasteiger partial charge on any atom is -0.468 e. The molecule has 72 valence electrons. The van der Waals surface area contributed by atoms with Crippen molar-refractivity contribution in [2.75, 3.05) is 20.2 Å². The third kappa shape index (κ3) is 7.54. The molecule has 0 aliphatic heterocycles. The molecular weight excluding hydrogens is 154 g/mol. The minimum absolute atomic E-state index is 0.195. The molecule has 0 aromatic heterocycles. The fourth-order valence-electron chi connectivity index (χ4n) is 0.898. The lowest BCUT2D eigenvalue weighted by atomic mass is 10.1. The van der Waals surface area contributed by atoms with Crippen molar-refractivity contribution in [1.29, 1.82) is 0 Å². The minimum atomic E-state index is -0.195. The van der Waals surface area contributed by atoms with E-state index >= 15 is 0 Å². The molecule has 0 amide bonds. The molecule has 0 bridgehead atoms. The summed E-state index contributed by atoms with van der Waals surface area (Å²) in [4.78, 5) is 10.6. The van der Waals surface area contributed by atoms with Gasteiger partial charge in [0, 0.05) is 0 Å². The van der Waals surface area contributed by atoms with Crippen molar-refractivity contribution in [1.82, 2.24) is 5.32 Å². The van der Waals surface area contributed by atoms with E-state index in [1.54, 1.807) is 0 Å². The van der Waals surface area contributed by atoms with E-state index in [4.69, 9.17) is 0 Å². The first-order valence-corrected chi connectivity index (χ1v) is 4.44. The molecule has 0 unspecified atom stereocenters. The van der Waals surface area contributed by atoms with Gasteiger partial charge in [0.1, 0.15) is 0 Å². The number of carbonyl (C=O) groups is 1. The molecule has 0 aliphatic carbocycles. The molecule has 0 rings (SSSR count). The SMILES string of the molecule is COC(=O)CNCCCC(C)C. The number of methoxy groups -OCH3 is 1. The van der Waals surface area contributed by atoms with Gasteiger partial charge in [-0.1, -0.05) is 13.8 Å². The molecular formula is C9H19NO2. The van der Waals surface area contributed by atoms with Crippen LogP contribution in [0.15, 0.2) is 0 Å². The van der Waals surface area contributed by atoms with Crippen molar-refractivity contribution in [3.63, 3.8) is 0 Å². The first-order valence-electron chi connectivity index (χ1n) is 4.44. The monoisotopic (exact) mass is 173 g/mol. The number of hydrogen-bond acceptors (Lipinski definition) is 3. The molecule has 3 heteroatoms. The summed E-state index contributed by atoms with van der Waals surface area (Å²) in [5.74, 6) is 0.546. The van der Waals surface area contributed by atoms with E-state index < -0.39 is 0 Å². The molecule has 0 heterocycles. The summed E-state index contributed by atoms with van der Waals surface area (Å²) in [6.45, 7) is 5.61. The van der Waals surface area contributed by atoms with E-state index in [9.17, 15) is 4.79 Å². The van der Waals surface area contributed by atoms with E-state index in [0.717, 1.165) is 18.9 Å². The Labute approximate surface area is 74.5 Å². The topological polar surface area (TPSA) is 38.3 Å². The van der Waals surface area contributed by atoms with Crippen molar-refractivity contribution in [3.05, 3.63) is 0 Å². The molecule has 0 aromatic rings. The average Bonchev–Trinajstić information content (AvgIpc) is 2.03. The van der Waals surface area contributed by atoms with Crippen LogP contribution >= 0.6 is 0 Å². The van der Waals surface area contributed by atoms with Crippen LogP contribution < -0.4 is 5.32 Å². The number of rotatable bonds is 6. The average molecular weight is 173 g/mol. The van der Waals surface area contributed by atoms with Crippen LogP contribution in [0.4, 0.5) is 0 Å². The third-order valence-corrected chi connectivity index (χ3v) is 1.63. The highest BCUT2D eigenvalue weighted by Gasteiger charge is 1.98. The Morgan fingerprint density at radius 2 is 2.17 bits per heavy atom. The van der Waals surface area contributed by atoms with Gasteiger partial charge in [0.15, 0.2) is 0 Å². The molecule has 12 heavy (non-hydrogen) atoms. The van der Waals surface area contributed by atoms with Gasteiger partial charge in [-0.2, -0.15) is 0 Å². The summed E-state index contributed by atoms with van der Waals surface area (Å²) in [5, 5.41) is 3.02. The Bertz CT molecular complexity index is 124. The second kappa shape index (κ2) is 7.10. The highest BCUT2D eigenvalue weighted by Crippen LogP contribution is 2.01. The van der Waals surface area contributed by atoms with E-state index in [1.807, 2.05) is 0 Å². The normalized spacial score (nSPS) is 10.3. The molecule has 0 radical (unpaired) electrons. The van der Waals surface area contributed by atoms with E-state index in [0.29, 0.717) is 6.54 Å². The first-order chi connectivity index (χ1) is 5.66. The highest BCUT2D eigenvalue weighted by molar-refractivity contribution is 5.71. The summed E-state index contributed by atoms with van der Waals surface area (Å²) in [6, 6.07) is 0. The van der Waals surface area contributed by atoms with Crippen LogP contribution in [-0.2, 0) is 9.53 Å². The molecule has 0 spiro atoms. The number of carbonyl (C=O) groups excluding carboxylic acids is 1. The van der Waals surface area contributed by atoms with Crippen molar-refractivity contribution in [2.45, 2.75) is 26.7 Å². The fraction of sp³-hybridized carbons (Fsp3) is 0.889. The van der Waals surface area contributed by atoms with Crippen molar-refractivity contribution >= 4 is 5.97 Å². The number of ether oxygens (including phenoxy) is 1. The molecule has 0 fully saturated rings. The summed E-state index contributed by atoms with van der Waals surface area (Å²) < 4.78 is 4.48. The van der Waals surface area contributed by atoms with Crippen molar-refractivity contribution in [3.8, 4) is 0 Å². The van der Waals surface area contributed by atoms with Gasteiger partial charge < -0.3 is 10.1 Å². The zero-order chi connectivity index (χ0) is 9.40. The number of nitrogens with one attached hydrogen (secondary N) is 1. The maximum Gasteiger partial charge on any atom is 0.319 e. The smallest absolute Gasteiger partial charge is 0.319 e. The Morgan fingerprint density at radius 1 is 1.50 bits per heavy atom. The Kier molecular flexibility index (Phi) is 6.76. The fourth-order valence-corrected chi connectivity index (χ4v) is 0.898. The number of esters is 1. The molecule has 0 atom stereocenters. The summed E-state index contributed by atoms with van der Waals surface area (Å²) in [7, 11) is 1.40. The standard InChI is InChI=1S/C9H19NO2/c1-8(2)5-4-6-10-7-9(11)12-3/h8,10H,4-7H2,1-3H3. The van der Waals surface area contributed by atoms with Gasteiger partial charge in [-0.3, -0.25) is 4.79 Å². The summed E-state index contributed by atoms with van der Waals surface area (Å²) in [6.07, 6.45) is 2.32. The van der Waals surface area contributed by atoms with E-state index in [1.165, 1.54) is 13.5 Å². The molecule has 1 N–H and O–H groups in total. The first kappa shape index (κ1) is 11.4. The summed E-state index contributed by atoms with van der Waals surface area (Å²) >= 11 is 0. The predicted octanol–water partition coefficient (Wildman–Crippen LogP) is 1.19. The van der Waals surface area contributed by atoms with Crippen LogP contribution in [-0.4, -0.2) is 26.2 Å². The lowest BCUT2D eigenvalue weighted by molar-refractivity contribution is -0.139. The van der Waals surface area contributed by atoms with Gasteiger partial charge >= 0.3 is 5.97 Å². The number of hydrogen-bond donors (Lipinski definition) is 1. The summed E-state index contributed by atoms with van der Waals surface area (Å²) in [5.41, 5.74) is 0. The van der Waals surface area contributed by atoms with E-state index in [-0.39, 0.29) is 5.97 Å². The largest absolute Gasteiger partial charge is 0.468 e. The van der Waals surface area contributed by atoms with Gasteiger partial charge in [0.05, 0.1) is 13.7 Å². The maximum absolute atomic E-state index is 10.6. The second-order valence-electron chi connectivity index (χ2n) is 3.29. The van der Waals surface area contributed by atoms with Crippen LogP contribution in [0.2, 0.25) is 0 Å². The van der Waals surface area contributed by atoms with Gasteiger partial charge in [-0.15, -0.1) is 0 Å². The Hall–Kier alpha value is -0.570. The second-order valence-corrected chi connectivity index (χ2v) is 3.29. The van der Waals surface area contributed by atoms with E-state index in [2.05, 4.69) is 23.9 Å². The quantitative estimate of drug-likeness (QED) is 0.484. The lowest BCUT2D eigenvalue weighted by Crippen LogP contribution is -2.24. The van der Waals surface area contributed by atoms with Gasteiger partial charge in [-0.05, 0) is 25.3 Å². The van der Waals surface area contributed by atoms with Gasteiger partial charge in [-0.25, -0.2) is 0 Å². The molecule has 3 nitrogen and oxygen atoms in total. The Morgan fingerprint density at radius 3 is 2.67 bits per heavy atom. The molecule has 0 saturated heterocycles. The van der Waals surface area contributed by atoms with Crippen LogP contribution in [0.5, 0.6) is 0 Å². The van der Waals surface area contributed by atoms with Crippen molar-refractivity contribution < 1.29 is 9.53 Å². The molecule has 0 aromatic carbocycles. The zero-order valence-corrected chi connectivity index (χ0v) is 8.22.